The van der Waals surface area contributed by atoms with Crippen LogP contribution in [0, 0.1) is 6.92 Å². The van der Waals surface area contributed by atoms with Crippen LogP contribution in [0.25, 0.3) is 0 Å². The molecule has 4 nitrogen and oxygen atoms in total. The number of anilines is 2. The lowest BCUT2D eigenvalue weighted by molar-refractivity contribution is -0.115. The average molecular weight is 302 g/mol. The number of amides is 1. The Bertz CT molecular complexity index is 671. The maximum Gasteiger partial charge on any atom is 0.240 e. The second-order valence-electron chi connectivity index (χ2n) is 4.84. The number of hydrogen-bond donors (Lipinski definition) is 2. The smallest absolute Gasteiger partial charge is 0.240 e. The quantitative estimate of drug-likeness (QED) is 0.853. The second-order valence-corrected chi connectivity index (χ2v) is 6.58. The first-order valence-electron chi connectivity index (χ1n) is 6.61. The maximum absolute atomic E-state index is 12.5. The third-order valence-electron chi connectivity index (χ3n) is 3.12. The lowest BCUT2D eigenvalue weighted by Crippen LogP contribution is -2.29. The molecular formula is C16H18N2O2S. The number of nitrogens with one attached hydrogen (secondary N) is 1. The van der Waals surface area contributed by atoms with Crippen molar-refractivity contribution in [3.05, 3.63) is 54.1 Å². The summed E-state index contributed by atoms with van der Waals surface area (Å²) in [5.41, 5.74) is 7.94. The standard InChI is InChI=1S/C16H18N2O2S/c1-11-8-9-14(17)15(10-11)21(20)12(2)16(19)18-13-6-4-3-5-7-13/h3-10,12H,17H2,1-2H3,(H,18,19). The van der Waals surface area contributed by atoms with Gasteiger partial charge in [-0.15, -0.1) is 0 Å². The van der Waals surface area contributed by atoms with Crippen molar-refractivity contribution < 1.29 is 9.00 Å². The molecule has 0 aliphatic heterocycles. The molecule has 0 bridgehead atoms. The van der Waals surface area contributed by atoms with Gasteiger partial charge in [0, 0.05) is 11.4 Å². The van der Waals surface area contributed by atoms with Crippen LogP contribution in [0.15, 0.2) is 53.4 Å². The van der Waals surface area contributed by atoms with Crippen molar-refractivity contribution in [2.45, 2.75) is 24.0 Å². The normalized spacial score (nSPS) is 13.4. The van der Waals surface area contributed by atoms with Crippen LogP contribution in [0.4, 0.5) is 11.4 Å². The predicted octanol–water partition coefficient (Wildman–Crippen LogP) is 2.71. The van der Waals surface area contributed by atoms with Gasteiger partial charge in [-0.05, 0) is 43.7 Å². The van der Waals surface area contributed by atoms with E-state index in [0.717, 1.165) is 5.56 Å². The van der Waals surface area contributed by atoms with Gasteiger partial charge < -0.3 is 11.1 Å². The van der Waals surface area contributed by atoms with Crippen molar-refractivity contribution in [2.24, 2.45) is 0 Å². The molecule has 2 aromatic carbocycles. The average Bonchev–Trinajstić information content (AvgIpc) is 2.49. The zero-order valence-electron chi connectivity index (χ0n) is 12.0. The summed E-state index contributed by atoms with van der Waals surface area (Å²) in [6, 6.07) is 14.4. The van der Waals surface area contributed by atoms with E-state index in [0.29, 0.717) is 16.3 Å². The number of benzene rings is 2. The Hall–Kier alpha value is -2.14. The number of rotatable bonds is 4. The Kier molecular flexibility index (Phi) is 4.75. The Labute approximate surface area is 126 Å². The van der Waals surface area contributed by atoms with E-state index in [2.05, 4.69) is 5.32 Å². The lowest BCUT2D eigenvalue weighted by Gasteiger charge is -2.14. The van der Waals surface area contributed by atoms with Crippen molar-refractivity contribution in [3.8, 4) is 0 Å². The third kappa shape index (κ3) is 3.70. The fraction of sp³-hybridized carbons (Fsp3) is 0.188. The first-order valence-corrected chi connectivity index (χ1v) is 7.83. The number of nitrogens with two attached hydrogens (primary N) is 1. The van der Waals surface area contributed by atoms with E-state index in [1.54, 1.807) is 31.2 Å². The highest BCUT2D eigenvalue weighted by molar-refractivity contribution is 7.86. The fourth-order valence-electron chi connectivity index (χ4n) is 1.87. The molecule has 2 atom stereocenters. The predicted molar refractivity (Wildman–Crippen MR) is 86.5 cm³/mol. The van der Waals surface area contributed by atoms with Crippen LogP contribution >= 0.6 is 0 Å². The molecule has 21 heavy (non-hydrogen) atoms. The molecule has 0 radical (unpaired) electrons. The van der Waals surface area contributed by atoms with E-state index in [1.807, 2.05) is 31.2 Å². The van der Waals surface area contributed by atoms with Crippen molar-refractivity contribution in [2.75, 3.05) is 11.1 Å². The molecule has 0 saturated heterocycles. The summed E-state index contributed by atoms with van der Waals surface area (Å²) in [6.45, 7) is 3.53. The van der Waals surface area contributed by atoms with Crippen LogP contribution in [0.1, 0.15) is 12.5 Å². The monoisotopic (exact) mass is 302 g/mol. The largest absolute Gasteiger partial charge is 0.398 e. The van der Waals surface area contributed by atoms with Gasteiger partial charge >= 0.3 is 0 Å². The number of hydrogen-bond acceptors (Lipinski definition) is 3. The summed E-state index contributed by atoms with van der Waals surface area (Å²) < 4.78 is 12.5. The topological polar surface area (TPSA) is 72.2 Å². The van der Waals surface area contributed by atoms with Crippen molar-refractivity contribution in [1.29, 1.82) is 0 Å². The van der Waals surface area contributed by atoms with Gasteiger partial charge in [-0.2, -0.15) is 0 Å². The van der Waals surface area contributed by atoms with Gasteiger partial charge in [0.1, 0.15) is 5.25 Å². The Morgan fingerprint density at radius 2 is 1.86 bits per heavy atom. The van der Waals surface area contributed by atoms with Gasteiger partial charge in [-0.1, -0.05) is 24.3 Å². The molecule has 5 heteroatoms. The Balaban J connectivity index is 2.15. The van der Waals surface area contributed by atoms with Gasteiger partial charge in [0.2, 0.25) is 5.91 Å². The minimum Gasteiger partial charge on any atom is -0.398 e. The second kappa shape index (κ2) is 6.54. The molecule has 0 aliphatic rings. The van der Waals surface area contributed by atoms with Crippen LogP contribution in [-0.2, 0) is 15.6 Å². The number of nitrogen functional groups attached to an aromatic ring is 1. The first-order chi connectivity index (χ1) is 9.99. The van der Waals surface area contributed by atoms with E-state index >= 15 is 0 Å². The van der Waals surface area contributed by atoms with E-state index in [-0.39, 0.29) is 5.91 Å². The van der Waals surface area contributed by atoms with Crippen LogP contribution in [0.2, 0.25) is 0 Å². The van der Waals surface area contributed by atoms with E-state index in [1.165, 1.54) is 0 Å². The lowest BCUT2D eigenvalue weighted by atomic mass is 10.2. The number of para-hydroxylation sites is 1. The zero-order chi connectivity index (χ0) is 15.4. The third-order valence-corrected chi connectivity index (χ3v) is 4.76. The first kappa shape index (κ1) is 15.3. The zero-order valence-corrected chi connectivity index (χ0v) is 12.8. The summed E-state index contributed by atoms with van der Waals surface area (Å²) in [5, 5.41) is 2.07. The maximum atomic E-state index is 12.5. The van der Waals surface area contributed by atoms with Gasteiger partial charge in [-0.3, -0.25) is 9.00 Å². The molecule has 3 N–H and O–H groups in total. The molecular weight excluding hydrogens is 284 g/mol. The Morgan fingerprint density at radius 1 is 1.19 bits per heavy atom. The SMILES string of the molecule is Cc1ccc(N)c(S(=O)C(C)C(=O)Nc2ccccc2)c1. The molecule has 0 heterocycles. The van der Waals surface area contributed by atoms with E-state index in [4.69, 9.17) is 5.73 Å². The molecule has 110 valence electrons. The molecule has 0 aliphatic carbocycles. The molecule has 1 amide bonds. The molecule has 0 fully saturated rings. The van der Waals surface area contributed by atoms with Crippen LogP contribution in [0.5, 0.6) is 0 Å². The number of carbonyl (C=O) groups excluding carboxylic acids is 1. The molecule has 2 aromatic rings. The highest BCUT2D eigenvalue weighted by Gasteiger charge is 2.23. The van der Waals surface area contributed by atoms with Gasteiger partial charge in [-0.25, -0.2) is 0 Å². The van der Waals surface area contributed by atoms with E-state index in [9.17, 15) is 9.00 Å². The highest BCUT2D eigenvalue weighted by atomic mass is 32.2. The van der Waals surface area contributed by atoms with Gasteiger partial charge in [0.15, 0.2) is 0 Å². The molecule has 0 spiro atoms. The number of aryl methyl sites for hydroxylation is 1. The molecule has 0 saturated carbocycles. The summed E-state index contributed by atoms with van der Waals surface area (Å²) in [6.07, 6.45) is 0. The van der Waals surface area contributed by atoms with Crippen molar-refractivity contribution >= 4 is 28.1 Å². The minimum absolute atomic E-state index is 0.291. The summed E-state index contributed by atoms with van der Waals surface area (Å²) in [4.78, 5) is 12.7. The van der Waals surface area contributed by atoms with Gasteiger partial charge in [0.25, 0.3) is 0 Å². The number of carbonyl (C=O) groups is 1. The molecule has 2 rings (SSSR count). The minimum atomic E-state index is -1.49. The van der Waals surface area contributed by atoms with Crippen LogP contribution < -0.4 is 11.1 Å². The Morgan fingerprint density at radius 3 is 2.52 bits per heavy atom. The van der Waals surface area contributed by atoms with Crippen LogP contribution in [-0.4, -0.2) is 15.4 Å². The van der Waals surface area contributed by atoms with Crippen molar-refractivity contribution in [1.82, 2.24) is 0 Å². The summed E-state index contributed by atoms with van der Waals surface area (Å²) in [5.74, 6) is -0.291. The highest BCUT2D eigenvalue weighted by Crippen LogP contribution is 2.21. The van der Waals surface area contributed by atoms with E-state index < -0.39 is 16.0 Å². The molecule has 2 unspecified atom stereocenters. The fourth-order valence-corrected chi connectivity index (χ4v) is 3.11. The summed E-state index contributed by atoms with van der Waals surface area (Å²) >= 11 is 0. The summed E-state index contributed by atoms with van der Waals surface area (Å²) in [7, 11) is -1.49. The van der Waals surface area contributed by atoms with Crippen LogP contribution in [0.3, 0.4) is 0 Å². The van der Waals surface area contributed by atoms with Crippen molar-refractivity contribution in [3.63, 3.8) is 0 Å². The van der Waals surface area contributed by atoms with Gasteiger partial charge in [0.05, 0.1) is 15.7 Å². The molecule has 0 aromatic heterocycles.